The van der Waals surface area contributed by atoms with Gasteiger partial charge in [-0.3, -0.25) is 0 Å². The smallest absolute Gasteiger partial charge is 0.319 e. The number of anilines is 1. The first kappa shape index (κ1) is 17.1. The maximum atomic E-state index is 11.8. The quantitative estimate of drug-likeness (QED) is 0.770. The predicted molar refractivity (Wildman–Crippen MR) is 83.6 cm³/mol. The number of aliphatic hydroxyl groups excluding tert-OH is 1. The zero-order chi connectivity index (χ0) is 15.3. The Morgan fingerprint density at radius 1 is 1.40 bits per heavy atom. The molecule has 1 atom stereocenters. The Morgan fingerprint density at radius 3 is 2.65 bits per heavy atom. The molecule has 2 amide bonds. The van der Waals surface area contributed by atoms with Crippen LogP contribution in [-0.4, -0.2) is 23.8 Å². The summed E-state index contributed by atoms with van der Waals surface area (Å²) < 4.78 is 0. The van der Waals surface area contributed by atoms with Crippen molar-refractivity contribution in [1.82, 2.24) is 5.32 Å². The second-order valence-corrected chi connectivity index (χ2v) is 6.49. The van der Waals surface area contributed by atoms with Gasteiger partial charge in [0.05, 0.1) is 16.8 Å². The molecule has 0 radical (unpaired) electrons. The maximum absolute atomic E-state index is 11.8. The number of amides is 2. The van der Waals surface area contributed by atoms with Crippen LogP contribution in [0.15, 0.2) is 18.2 Å². The molecular formula is C14H20Cl2N2O2. The van der Waals surface area contributed by atoms with Crippen LogP contribution in [0.25, 0.3) is 0 Å². The van der Waals surface area contributed by atoms with E-state index < -0.39 is 6.10 Å². The summed E-state index contributed by atoms with van der Waals surface area (Å²) in [6.07, 6.45) is 0.197. The van der Waals surface area contributed by atoms with Gasteiger partial charge in [-0.1, -0.05) is 37.0 Å². The highest BCUT2D eigenvalue weighted by atomic mass is 35.5. The zero-order valence-corrected chi connectivity index (χ0v) is 13.3. The van der Waals surface area contributed by atoms with E-state index in [0.717, 1.165) is 0 Å². The van der Waals surface area contributed by atoms with Gasteiger partial charge in [0.25, 0.3) is 0 Å². The molecule has 3 N–H and O–H groups in total. The van der Waals surface area contributed by atoms with Crippen molar-refractivity contribution in [3.8, 4) is 0 Å². The molecule has 1 aromatic rings. The molecule has 4 nitrogen and oxygen atoms in total. The monoisotopic (exact) mass is 318 g/mol. The van der Waals surface area contributed by atoms with Crippen LogP contribution in [0, 0.1) is 5.41 Å². The lowest BCUT2D eigenvalue weighted by atomic mass is 9.87. The van der Waals surface area contributed by atoms with Gasteiger partial charge in [-0.25, -0.2) is 4.79 Å². The number of urea groups is 1. The number of rotatable bonds is 5. The van der Waals surface area contributed by atoms with Gasteiger partial charge < -0.3 is 15.7 Å². The molecule has 0 saturated carbocycles. The first-order valence-electron chi connectivity index (χ1n) is 6.37. The van der Waals surface area contributed by atoms with Gasteiger partial charge in [-0.15, -0.1) is 0 Å². The SMILES string of the molecule is CC(O)CC(C)(C)CNC(=O)Nc1cc(Cl)ccc1Cl. The number of hydrogen-bond donors (Lipinski definition) is 3. The Morgan fingerprint density at radius 2 is 2.05 bits per heavy atom. The van der Waals surface area contributed by atoms with Gasteiger partial charge in [0.1, 0.15) is 0 Å². The van der Waals surface area contributed by atoms with E-state index >= 15 is 0 Å². The third-order valence-electron chi connectivity index (χ3n) is 2.75. The number of carbonyl (C=O) groups is 1. The highest BCUT2D eigenvalue weighted by molar-refractivity contribution is 6.35. The lowest BCUT2D eigenvalue weighted by Crippen LogP contribution is -2.38. The van der Waals surface area contributed by atoms with Crippen LogP contribution in [0.2, 0.25) is 10.0 Å². The van der Waals surface area contributed by atoms with E-state index in [9.17, 15) is 9.90 Å². The standard InChI is InChI=1S/C14H20Cl2N2O2/c1-9(19)7-14(2,3)8-17-13(20)18-12-6-10(15)4-5-11(12)16/h4-6,9,19H,7-8H2,1-3H3,(H2,17,18,20). The van der Waals surface area contributed by atoms with E-state index in [1.165, 1.54) is 0 Å². The molecule has 0 bridgehead atoms. The minimum Gasteiger partial charge on any atom is -0.393 e. The van der Waals surface area contributed by atoms with E-state index in [0.29, 0.717) is 28.7 Å². The Balaban J connectivity index is 2.54. The Hall–Kier alpha value is -0.970. The van der Waals surface area contributed by atoms with Crippen molar-refractivity contribution in [3.63, 3.8) is 0 Å². The van der Waals surface area contributed by atoms with E-state index in [1.54, 1.807) is 25.1 Å². The summed E-state index contributed by atoms with van der Waals surface area (Å²) in [5.74, 6) is 0. The summed E-state index contributed by atoms with van der Waals surface area (Å²) in [6, 6.07) is 4.51. The summed E-state index contributed by atoms with van der Waals surface area (Å²) in [5, 5.41) is 15.7. The first-order valence-corrected chi connectivity index (χ1v) is 7.13. The third kappa shape index (κ3) is 5.99. The normalized spacial score (nSPS) is 12.9. The summed E-state index contributed by atoms with van der Waals surface area (Å²) in [6.45, 7) is 6.13. The molecule has 6 heteroatoms. The molecule has 20 heavy (non-hydrogen) atoms. The van der Waals surface area contributed by atoms with Crippen LogP contribution in [-0.2, 0) is 0 Å². The molecule has 0 spiro atoms. The molecule has 1 rings (SSSR count). The van der Waals surface area contributed by atoms with Crippen LogP contribution in [0.3, 0.4) is 0 Å². The van der Waals surface area contributed by atoms with Gasteiger partial charge in [0.15, 0.2) is 0 Å². The van der Waals surface area contributed by atoms with E-state index in [1.807, 2.05) is 13.8 Å². The van der Waals surface area contributed by atoms with Gasteiger partial charge in [0, 0.05) is 11.6 Å². The summed E-state index contributed by atoms with van der Waals surface area (Å²) in [5.41, 5.74) is 0.272. The van der Waals surface area contributed by atoms with Crippen LogP contribution in [0.4, 0.5) is 10.5 Å². The molecule has 0 aliphatic heterocycles. The highest BCUT2D eigenvalue weighted by Gasteiger charge is 2.21. The lowest BCUT2D eigenvalue weighted by molar-refractivity contribution is 0.129. The molecule has 0 heterocycles. The Kier molecular flexibility index (Phi) is 6.11. The molecule has 1 aromatic carbocycles. The van der Waals surface area contributed by atoms with Crippen molar-refractivity contribution in [3.05, 3.63) is 28.2 Å². The number of halogens is 2. The number of nitrogens with one attached hydrogen (secondary N) is 2. The second kappa shape index (κ2) is 7.16. The largest absolute Gasteiger partial charge is 0.393 e. The molecule has 0 saturated heterocycles. The van der Waals surface area contributed by atoms with Crippen molar-refractivity contribution < 1.29 is 9.90 Å². The third-order valence-corrected chi connectivity index (χ3v) is 3.32. The molecule has 0 aliphatic carbocycles. The second-order valence-electron chi connectivity index (χ2n) is 5.65. The predicted octanol–water partition coefficient (Wildman–Crippen LogP) is 3.91. The van der Waals surface area contributed by atoms with Crippen LogP contribution in [0.5, 0.6) is 0 Å². The van der Waals surface area contributed by atoms with Crippen LogP contribution >= 0.6 is 23.2 Å². The van der Waals surface area contributed by atoms with E-state index in [-0.39, 0.29) is 11.4 Å². The van der Waals surface area contributed by atoms with Crippen molar-refractivity contribution in [2.24, 2.45) is 5.41 Å². The van der Waals surface area contributed by atoms with Crippen molar-refractivity contribution in [2.75, 3.05) is 11.9 Å². The van der Waals surface area contributed by atoms with E-state index in [2.05, 4.69) is 10.6 Å². The molecule has 0 aromatic heterocycles. The Labute approximate surface area is 129 Å². The lowest BCUT2D eigenvalue weighted by Gasteiger charge is -2.26. The molecule has 112 valence electrons. The van der Waals surface area contributed by atoms with E-state index in [4.69, 9.17) is 23.2 Å². The number of hydrogen-bond acceptors (Lipinski definition) is 2. The van der Waals surface area contributed by atoms with Crippen LogP contribution in [0.1, 0.15) is 27.2 Å². The number of carbonyl (C=O) groups excluding carboxylic acids is 1. The molecule has 1 unspecified atom stereocenters. The molecular weight excluding hydrogens is 299 g/mol. The Bertz CT molecular complexity index is 476. The van der Waals surface area contributed by atoms with Crippen LogP contribution < -0.4 is 10.6 Å². The summed E-state index contributed by atoms with van der Waals surface area (Å²) >= 11 is 11.8. The fourth-order valence-electron chi connectivity index (χ4n) is 1.95. The fraction of sp³-hybridized carbons (Fsp3) is 0.500. The minimum atomic E-state index is -0.405. The molecule has 0 aliphatic rings. The van der Waals surface area contributed by atoms with Gasteiger partial charge in [0.2, 0.25) is 0 Å². The van der Waals surface area contributed by atoms with Gasteiger partial charge in [-0.2, -0.15) is 0 Å². The van der Waals surface area contributed by atoms with Crippen molar-refractivity contribution >= 4 is 34.9 Å². The fourth-order valence-corrected chi connectivity index (χ4v) is 2.29. The van der Waals surface area contributed by atoms with Gasteiger partial charge >= 0.3 is 6.03 Å². The average molecular weight is 319 g/mol. The first-order chi connectivity index (χ1) is 9.19. The van der Waals surface area contributed by atoms with Crippen molar-refractivity contribution in [2.45, 2.75) is 33.3 Å². The molecule has 0 fully saturated rings. The van der Waals surface area contributed by atoms with Crippen molar-refractivity contribution in [1.29, 1.82) is 0 Å². The average Bonchev–Trinajstić information content (AvgIpc) is 2.30. The number of benzene rings is 1. The maximum Gasteiger partial charge on any atom is 0.319 e. The highest BCUT2D eigenvalue weighted by Crippen LogP contribution is 2.25. The van der Waals surface area contributed by atoms with Gasteiger partial charge in [-0.05, 0) is 37.0 Å². The zero-order valence-electron chi connectivity index (χ0n) is 11.8. The topological polar surface area (TPSA) is 61.4 Å². The summed E-state index contributed by atoms with van der Waals surface area (Å²) in [4.78, 5) is 11.8. The minimum absolute atomic E-state index is 0.191. The summed E-state index contributed by atoms with van der Waals surface area (Å²) in [7, 11) is 0. The number of aliphatic hydroxyl groups is 1.